The predicted octanol–water partition coefficient (Wildman–Crippen LogP) is 6.12. The minimum Gasteiger partial charge on any atom is -0.413 e. The summed E-state index contributed by atoms with van der Waals surface area (Å²) in [6.45, 7) is 12.1. The molecule has 2 aromatic carbocycles. The van der Waals surface area contributed by atoms with Crippen molar-refractivity contribution in [2.24, 2.45) is 0 Å². The zero-order chi connectivity index (χ0) is 15.0. The standard InChI is InChI=1S/C17H23BrOSi/c1-17(2,3)20(4,5)19-12-13-10-11-16(18)15-9-7-6-8-14(13)15/h6-11H,12H2,1-5H3. The number of fused-ring (bicyclic) bond motifs is 1. The molecule has 3 heteroatoms. The van der Waals surface area contributed by atoms with E-state index >= 15 is 0 Å². The fourth-order valence-electron chi connectivity index (χ4n) is 1.93. The Morgan fingerprint density at radius 2 is 1.60 bits per heavy atom. The second-order valence-corrected chi connectivity index (χ2v) is 12.5. The van der Waals surface area contributed by atoms with Crippen LogP contribution < -0.4 is 0 Å². The van der Waals surface area contributed by atoms with Gasteiger partial charge in [-0.1, -0.05) is 67.0 Å². The molecule has 0 saturated carbocycles. The van der Waals surface area contributed by atoms with Crippen LogP contribution >= 0.6 is 15.9 Å². The SMILES string of the molecule is CC(C)(C)[Si](C)(C)OCc1ccc(Br)c2ccccc12. The van der Waals surface area contributed by atoms with E-state index in [1.165, 1.54) is 16.3 Å². The van der Waals surface area contributed by atoms with Gasteiger partial charge in [0, 0.05) is 4.47 Å². The zero-order valence-corrected chi connectivity index (χ0v) is 15.5. The third kappa shape index (κ3) is 3.16. The molecule has 0 bridgehead atoms. The molecule has 2 rings (SSSR count). The molecule has 0 unspecified atom stereocenters. The maximum Gasteiger partial charge on any atom is 0.192 e. The van der Waals surface area contributed by atoms with Crippen molar-refractivity contribution in [3.05, 3.63) is 46.4 Å². The van der Waals surface area contributed by atoms with E-state index < -0.39 is 8.32 Å². The molecule has 0 atom stereocenters. The summed E-state index contributed by atoms with van der Waals surface area (Å²) in [5, 5.41) is 2.78. The molecular formula is C17H23BrOSi. The number of benzene rings is 2. The van der Waals surface area contributed by atoms with Crippen LogP contribution in [0.1, 0.15) is 26.3 Å². The van der Waals surface area contributed by atoms with Crippen LogP contribution in [0.3, 0.4) is 0 Å². The Labute approximate surface area is 131 Å². The van der Waals surface area contributed by atoms with Gasteiger partial charge in [-0.05, 0) is 40.5 Å². The van der Waals surface area contributed by atoms with Gasteiger partial charge in [0.25, 0.3) is 0 Å². The first-order chi connectivity index (χ1) is 9.22. The van der Waals surface area contributed by atoms with E-state index in [0.717, 1.165) is 4.47 Å². The molecule has 0 fully saturated rings. The molecule has 0 saturated heterocycles. The zero-order valence-electron chi connectivity index (χ0n) is 13.0. The van der Waals surface area contributed by atoms with E-state index in [-0.39, 0.29) is 5.04 Å². The summed E-state index contributed by atoms with van der Waals surface area (Å²) in [4.78, 5) is 0. The van der Waals surface area contributed by atoms with Gasteiger partial charge in [-0.15, -0.1) is 0 Å². The Morgan fingerprint density at radius 3 is 2.20 bits per heavy atom. The van der Waals surface area contributed by atoms with Gasteiger partial charge < -0.3 is 4.43 Å². The van der Waals surface area contributed by atoms with Crippen molar-refractivity contribution >= 4 is 35.0 Å². The molecule has 0 aliphatic heterocycles. The number of hydrogen-bond donors (Lipinski definition) is 0. The number of rotatable bonds is 3. The van der Waals surface area contributed by atoms with Crippen LogP contribution in [-0.4, -0.2) is 8.32 Å². The summed E-state index contributed by atoms with van der Waals surface area (Å²) in [5.41, 5.74) is 1.27. The summed E-state index contributed by atoms with van der Waals surface area (Å²) in [6, 6.07) is 12.8. The lowest BCUT2D eigenvalue weighted by Crippen LogP contribution is -2.40. The monoisotopic (exact) mass is 350 g/mol. The first-order valence-corrected chi connectivity index (χ1v) is 10.7. The molecule has 1 nitrogen and oxygen atoms in total. The maximum atomic E-state index is 6.35. The van der Waals surface area contributed by atoms with Crippen molar-refractivity contribution < 1.29 is 4.43 Å². The molecule has 20 heavy (non-hydrogen) atoms. The lowest BCUT2D eigenvalue weighted by Gasteiger charge is -2.36. The molecule has 0 N–H and O–H groups in total. The average molecular weight is 351 g/mol. The molecular weight excluding hydrogens is 328 g/mol. The highest BCUT2D eigenvalue weighted by Crippen LogP contribution is 2.37. The Morgan fingerprint density at radius 1 is 1.00 bits per heavy atom. The smallest absolute Gasteiger partial charge is 0.192 e. The molecule has 0 aliphatic carbocycles. The highest BCUT2D eigenvalue weighted by molar-refractivity contribution is 9.10. The second kappa shape index (κ2) is 5.62. The van der Waals surface area contributed by atoms with Crippen LogP contribution in [0, 0.1) is 0 Å². The van der Waals surface area contributed by atoms with Crippen LogP contribution in [0.4, 0.5) is 0 Å². The maximum absolute atomic E-state index is 6.35. The van der Waals surface area contributed by atoms with Crippen LogP contribution in [0.25, 0.3) is 10.8 Å². The van der Waals surface area contributed by atoms with Gasteiger partial charge in [0.2, 0.25) is 0 Å². The molecule has 0 spiro atoms. The van der Waals surface area contributed by atoms with E-state index in [0.29, 0.717) is 6.61 Å². The van der Waals surface area contributed by atoms with Gasteiger partial charge in [0.15, 0.2) is 8.32 Å². The van der Waals surface area contributed by atoms with E-state index in [1.54, 1.807) is 0 Å². The average Bonchev–Trinajstić information content (AvgIpc) is 2.37. The van der Waals surface area contributed by atoms with Gasteiger partial charge >= 0.3 is 0 Å². The first-order valence-electron chi connectivity index (χ1n) is 7.02. The molecule has 0 amide bonds. The Hall–Kier alpha value is -0.643. The number of halogens is 1. The van der Waals surface area contributed by atoms with Crippen molar-refractivity contribution in [1.29, 1.82) is 0 Å². The van der Waals surface area contributed by atoms with Crippen molar-refractivity contribution in [3.63, 3.8) is 0 Å². The highest BCUT2D eigenvalue weighted by Gasteiger charge is 2.37. The van der Waals surface area contributed by atoms with Crippen molar-refractivity contribution in [2.45, 2.75) is 45.5 Å². The van der Waals surface area contributed by atoms with Crippen LogP contribution in [0.5, 0.6) is 0 Å². The minimum absolute atomic E-state index is 0.248. The topological polar surface area (TPSA) is 9.23 Å². The lowest BCUT2D eigenvalue weighted by molar-refractivity contribution is 0.277. The minimum atomic E-state index is -1.70. The van der Waals surface area contributed by atoms with Crippen LogP contribution in [0.15, 0.2) is 40.9 Å². The Kier molecular flexibility index (Phi) is 4.43. The number of hydrogen-bond acceptors (Lipinski definition) is 1. The second-order valence-electron chi connectivity index (χ2n) is 6.80. The molecule has 0 aromatic heterocycles. The molecule has 108 valence electrons. The normalized spacial score (nSPS) is 12.9. The third-order valence-corrected chi connectivity index (χ3v) is 9.53. The molecule has 0 heterocycles. The lowest BCUT2D eigenvalue weighted by atomic mass is 10.1. The summed E-state index contributed by atoms with van der Waals surface area (Å²) >= 11 is 3.62. The van der Waals surface area contributed by atoms with Crippen LogP contribution in [-0.2, 0) is 11.0 Å². The summed E-state index contributed by atoms with van der Waals surface area (Å²) in [6.07, 6.45) is 0. The van der Waals surface area contributed by atoms with Gasteiger partial charge in [-0.25, -0.2) is 0 Å². The molecule has 0 radical (unpaired) electrons. The van der Waals surface area contributed by atoms with Crippen molar-refractivity contribution in [2.75, 3.05) is 0 Å². The first kappa shape index (κ1) is 15.7. The van der Waals surface area contributed by atoms with Gasteiger partial charge in [0.05, 0.1) is 6.61 Å². The van der Waals surface area contributed by atoms with E-state index in [4.69, 9.17) is 4.43 Å². The van der Waals surface area contributed by atoms with Crippen molar-refractivity contribution in [1.82, 2.24) is 0 Å². The van der Waals surface area contributed by atoms with Gasteiger partial charge in [-0.3, -0.25) is 0 Å². The summed E-state index contributed by atoms with van der Waals surface area (Å²) < 4.78 is 7.49. The fourth-order valence-corrected chi connectivity index (χ4v) is 3.35. The van der Waals surface area contributed by atoms with Gasteiger partial charge in [-0.2, -0.15) is 0 Å². The van der Waals surface area contributed by atoms with E-state index in [2.05, 4.69) is 86.2 Å². The summed E-state index contributed by atoms with van der Waals surface area (Å²) in [7, 11) is -1.70. The fraction of sp³-hybridized carbons (Fsp3) is 0.412. The highest BCUT2D eigenvalue weighted by atomic mass is 79.9. The third-order valence-electron chi connectivity index (χ3n) is 4.36. The molecule has 2 aromatic rings. The van der Waals surface area contributed by atoms with E-state index in [1.807, 2.05) is 0 Å². The summed E-state index contributed by atoms with van der Waals surface area (Å²) in [5.74, 6) is 0. The largest absolute Gasteiger partial charge is 0.413 e. The molecule has 0 aliphatic rings. The Bertz CT molecular complexity index is 614. The van der Waals surface area contributed by atoms with Crippen LogP contribution in [0.2, 0.25) is 18.1 Å². The van der Waals surface area contributed by atoms with Gasteiger partial charge in [0.1, 0.15) is 0 Å². The Balaban J connectivity index is 2.30. The van der Waals surface area contributed by atoms with Crippen molar-refractivity contribution in [3.8, 4) is 0 Å². The predicted molar refractivity (Wildman–Crippen MR) is 93.6 cm³/mol. The quantitative estimate of drug-likeness (QED) is 0.605. The van der Waals surface area contributed by atoms with E-state index in [9.17, 15) is 0 Å².